The van der Waals surface area contributed by atoms with Crippen LogP contribution in [0, 0.1) is 5.92 Å². The Hall–Kier alpha value is -1.88. The first-order valence-electron chi connectivity index (χ1n) is 7.27. The molecular formula is C16H24N2O3. The van der Waals surface area contributed by atoms with Gasteiger partial charge in [0.2, 0.25) is 5.91 Å². The molecule has 0 radical (unpaired) electrons. The second-order valence-electron chi connectivity index (χ2n) is 5.46. The first-order chi connectivity index (χ1) is 9.99. The summed E-state index contributed by atoms with van der Waals surface area (Å²) in [5.41, 5.74) is 0.574. The average molecular weight is 292 g/mol. The summed E-state index contributed by atoms with van der Waals surface area (Å²) < 4.78 is 0. The van der Waals surface area contributed by atoms with Crippen molar-refractivity contribution in [3.05, 3.63) is 35.9 Å². The highest BCUT2D eigenvalue weighted by Crippen LogP contribution is 2.03. The van der Waals surface area contributed by atoms with E-state index in [0.717, 1.165) is 0 Å². The summed E-state index contributed by atoms with van der Waals surface area (Å²) >= 11 is 0. The minimum absolute atomic E-state index is 0.175. The number of amides is 2. The Morgan fingerprint density at radius 3 is 2.43 bits per heavy atom. The van der Waals surface area contributed by atoms with Crippen molar-refractivity contribution in [1.82, 2.24) is 10.6 Å². The molecule has 1 rings (SSSR count). The van der Waals surface area contributed by atoms with Crippen molar-refractivity contribution in [2.24, 2.45) is 5.92 Å². The standard InChI is InChI=1S/C16H24N2O3/c1-12(2)10-14(19)11-18-15(20)8-9-17-16(21)13-6-4-3-5-7-13/h3-7,12,14,19H,8-11H2,1-2H3,(H,17,21)(H,18,20). The molecule has 0 saturated heterocycles. The summed E-state index contributed by atoms with van der Waals surface area (Å²) in [6, 6.07) is 8.86. The van der Waals surface area contributed by atoms with Gasteiger partial charge in [0, 0.05) is 25.1 Å². The first-order valence-corrected chi connectivity index (χ1v) is 7.27. The van der Waals surface area contributed by atoms with Gasteiger partial charge in [-0.1, -0.05) is 32.0 Å². The van der Waals surface area contributed by atoms with Gasteiger partial charge in [-0.3, -0.25) is 9.59 Å². The van der Waals surface area contributed by atoms with Crippen molar-refractivity contribution < 1.29 is 14.7 Å². The van der Waals surface area contributed by atoms with Gasteiger partial charge in [-0.05, 0) is 24.5 Å². The van der Waals surface area contributed by atoms with E-state index in [2.05, 4.69) is 10.6 Å². The number of rotatable bonds is 8. The highest BCUT2D eigenvalue weighted by atomic mass is 16.3. The maximum absolute atomic E-state index is 11.7. The molecule has 0 aliphatic carbocycles. The van der Waals surface area contributed by atoms with Crippen LogP contribution in [0.1, 0.15) is 37.0 Å². The molecule has 0 fully saturated rings. The predicted molar refractivity (Wildman–Crippen MR) is 81.9 cm³/mol. The largest absolute Gasteiger partial charge is 0.391 e. The maximum Gasteiger partial charge on any atom is 0.251 e. The van der Waals surface area contributed by atoms with Crippen LogP contribution in [0.2, 0.25) is 0 Å². The van der Waals surface area contributed by atoms with Gasteiger partial charge in [0.25, 0.3) is 5.91 Å². The lowest BCUT2D eigenvalue weighted by molar-refractivity contribution is -0.121. The van der Waals surface area contributed by atoms with Crippen LogP contribution in [-0.4, -0.2) is 36.1 Å². The summed E-state index contributed by atoms with van der Waals surface area (Å²) in [5, 5.41) is 15.0. The number of aliphatic hydroxyl groups excluding tert-OH is 1. The third-order valence-corrected chi connectivity index (χ3v) is 2.95. The molecule has 0 aromatic heterocycles. The van der Waals surface area contributed by atoms with Crippen LogP contribution in [0.25, 0.3) is 0 Å². The molecule has 1 aromatic carbocycles. The molecule has 2 amide bonds. The Morgan fingerprint density at radius 2 is 1.81 bits per heavy atom. The number of carbonyl (C=O) groups is 2. The van der Waals surface area contributed by atoms with Crippen LogP contribution >= 0.6 is 0 Å². The summed E-state index contributed by atoms with van der Waals surface area (Å²) in [4.78, 5) is 23.3. The van der Waals surface area contributed by atoms with Crippen LogP contribution in [0.15, 0.2) is 30.3 Å². The average Bonchev–Trinajstić information content (AvgIpc) is 2.45. The Kier molecular flexibility index (Phi) is 7.46. The van der Waals surface area contributed by atoms with E-state index in [1.165, 1.54) is 0 Å². The van der Waals surface area contributed by atoms with Gasteiger partial charge in [0.05, 0.1) is 6.10 Å². The number of aliphatic hydroxyl groups is 1. The lowest BCUT2D eigenvalue weighted by atomic mass is 10.1. The molecule has 5 heteroatoms. The first kappa shape index (κ1) is 17.2. The molecule has 3 N–H and O–H groups in total. The van der Waals surface area contributed by atoms with Crippen molar-refractivity contribution in [3.8, 4) is 0 Å². The van der Waals surface area contributed by atoms with Gasteiger partial charge >= 0.3 is 0 Å². The normalized spacial score (nSPS) is 12.0. The molecule has 0 spiro atoms. The SMILES string of the molecule is CC(C)CC(O)CNC(=O)CCNC(=O)c1ccccc1. The molecule has 5 nitrogen and oxygen atoms in total. The van der Waals surface area contributed by atoms with Gasteiger partial charge in [-0.2, -0.15) is 0 Å². The second-order valence-corrected chi connectivity index (χ2v) is 5.46. The molecule has 0 heterocycles. The lowest BCUT2D eigenvalue weighted by Crippen LogP contribution is -2.35. The predicted octanol–water partition coefficient (Wildman–Crippen LogP) is 1.33. The topological polar surface area (TPSA) is 78.4 Å². The molecule has 0 bridgehead atoms. The van der Waals surface area contributed by atoms with Gasteiger partial charge in [0.15, 0.2) is 0 Å². The minimum atomic E-state index is -0.521. The quantitative estimate of drug-likeness (QED) is 0.676. The van der Waals surface area contributed by atoms with Crippen LogP contribution in [0.3, 0.4) is 0 Å². The van der Waals surface area contributed by atoms with Crippen molar-refractivity contribution in [3.63, 3.8) is 0 Å². The molecule has 0 aliphatic rings. The van der Waals surface area contributed by atoms with E-state index >= 15 is 0 Å². The summed E-state index contributed by atoms with van der Waals surface area (Å²) in [6.45, 7) is 4.57. The van der Waals surface area contributed by atoms with Crippen LogP contribution < -0.4 is 10.6 Å². The molecule has 1 aromatic rings. The zero-order chi connectivity index (χ0) is 15.7. The highest BCUT2D eigenvalue weighted by Gasteiger charge is 2.09. The smallest absolute Gasteiger partial charge is 0.251 e. The number of hydrogen-bond donors (Lipinski definition) is 3. The summed E-state index contributed by atoms with van der Waals surface area (Å²) in [7, 11) is 0. The van der Waals surface area contributed by atoms with Gasteiger partial charge in [-0.25, -0.2) is 0 Å². The van der Waals surface area contributed by atoms with Crippen molar-refractivity contribution in [2.75, 3.05) is 13.1 Å². The third kappa shape index (κ3) is 7.46. The monoisotopic (exact) mass is 292 g/mol. The number of carbonyl (C=O) groups excluding carboxylic acids is 2. The molecule has 0 saturated carbocycles. The molecular weight excluding hydrogens is 268 g/mol. The molecule has 116 valence electrons. The molecule has 21 heavy (non-hydrogen) atoms. The van der Waals surface area contributed by atoms with Crippen LogP contribution in [-0.2, 0) is 4.79 Å². The van der Waals surface area contributed by atoms with Crippen molar-refractivity contribution in [2.45, 2.75) is 32.8 Å². The summed E-state index contributed by atoms with van der Waals surface area (Å²) in [6.07, 6.45) is 0.339. The second kappa shape index (κ2) is 9.13. The van der Waals surface area contributed by atoms with E-state index < -0.39 is 6.10 Å². The fraction of sp³-hybridized carbons (Fsp3) is 0.500. The Bertz CT molecular complexity index is 446. The Balaban J connectivity index is 2.17. The van der Waals surface area contributed by atoms with E-state index in [1.54, 1.807) is 24.3 Å². The maximum atomic E-state index is 11.7. The van der Waals surface area contributed by atoms with Crippen molar-refractivity contribution >= 4 is 11.8 Å². The minimum Gasteiger partial charge on any atom is -0.391 e. The lowest BCUT2D eigenvalue weighted by Gasteiger charge is -2.13. The third-order valence-electron chi connectivity index (χ3n) is 2.95. The van der Waals surface area contributed by atoms with Gasteiger partial charge in [0.1, 0.15) is 0 Å². The highest BCUT2D eigenvalue weighted by molar-refractivity contribution is 5.94. The summed E-state index contributed by atoms with van der Waals surface area (Å²) in [5.74, 6) is 0.0245. The fourth-order valence-electron chi connectivity index (χ4n) is 1.93. The van der Waals surface area contributed by atoms with E-state index in [0.29, 0.717) is 17.9 Å². The van der Waals surface area contributed by atoms with E-state index in [9.17, 15) is 14.7 Å². The fourth-order valence-corrected chi connectivity index (χ4v) is 1.93. The van der Waals surface area contributed by atoms with Gasteiger partial charge in [-0.15, -0.1) is 0 Å². The number of hydrogen-bond acceptors (Lipinski definition) is 3. The van der Waals surface area contributed by atoms with E-state index in [4.69, 9.17) is 0 Å². The van der Waals surface area contributed by atoms with E-state index in [1.807, 2.05) is 19.9 Å². The van der Waals surface area contributed by atoms with Gasteiger partial charge < -0.3 is 15.7 Å². The van der Waals surface area contributed by atoms with Crippen LogP contribution in [0.4, 0.5) is 0 Å². The van der Waals surface area contributed by atoms with Crippen LogP contribution in [0.5, 0.6) is 0 Å². The van der Waals surface area contributed by atoms with E-state index in [-0.39, 0.29) is 31.3 Å². The Labute approximate surface area is 125 Å². The number of benzene rings is 1. The van der Waals surface area contributed by atoms with Crippen molar-refractivity contribution in [1.29, 1.82) is 0 Å². The molecule has 1 atom stereocenters. The number of nitrogens with one attached hydrogen (secondary N) is 2. The zero-order valence-electron chi connectivity index (χ0n) is 12.6. The molecule has 1 unspecified atom stereocenters. The molecule has 0 aliphatic heterocycles. The Morgan fingerprint density at radius 1 is 1.14 bits per heavy atom. The zero-order valence-corrected chi connectivity index (χ0v) is 12.6.